The number of rotatable bonds is 6. The van der Waals surface area contributed by atoms with Crippen molar-refractivity contribution in [2.75, 3.05) is 6.54 Å². The minimum absolute atomic E-state index is 0.311. The molecule has 1 aromatic carbocycles. The Morgan fingerprint density at radius 3 is 2.68 bits per heavy atom. The van der Waals surface area contributed by atoms with Gasteiger partial charge in [0.15, 0.2) is 0 Å². The van der Waals surface area contributed by atoms with Crippen LogP contribution in [0.25, 0.3) is 0 Å². The van der Waals surface area contributed by atoms with Crippen molar-refractivity contribution < 1.29 is 4.39 Å². The van der Waals surface area contributed by atoms with Crippen LogP contribution in [0.15, 0.2) is 18.2 Å². The first-order valence-electron chi connectivity index (χ1n) is 7.02. The van der Waals surface area contributed by atoms with E-state index in [1.165, 1.54) is 18.9 Å². The molecule has 19 heavy (non-hydrogen) atoms. The van der Waals surface area contributed by atoms with Crippen molar-refractivity contribution in [3.05, 3.63) is 35.1 Å². The monoisotopic (exact) mass is 260 g/mol. The summed E-state index contributed by atoms with van der Waals surface area (Å²) in [7, 11) is 0. The third-order valence-electron chi connectivity index (χ3n) is 3.53. The lowest BCUT2D eigenvalue weighted by molar-refractivity contribution is 0.239. The van der Waals surface area contributed by atoms with Crippen LogP contribution < -0.4 is 0 Å². The molecule has 2 nitrogen and oxygen atoms in total. The second-order valence-corrected chi connectivity index (χ2v) is 5.84. The number of hydrogen-bond acceptors (Lipinski definition) is 2. The van der Waals surface area contributed by atoms with Crippen LogP contribution in [0.3, 0.4) is 0 Å². The summed E-state index contributed by atoms with van der Waals surface area (Å²) in [6.45, 7) is 6.26. The van der Waals surface area contributed by atoms with Crippen LogP contribution >= 0.6 is 0 Å². The third-order valence-corrected chi connectivity index (χ3v) is 3.53. The highest BCUT2D eigenvalue weighted by Crippen LogP contribution is 2.29. The second-order valence-electron chi connectivity index (χ2n) is 5.84. The first-order valence-corrected chi connectivity index (χ1v) is 7.02. The Kier molecular flexibility index (Phi) is 4.55. The normalized spacial score (nSPS) is 14.9. The highest BCUT2D eigenvalue weighted by atomic mass is 19.1. The van der Waals surface area contributed by atoms with Crippen LogP contribution in [0.4, 0.5) is 4.39 Å². The minimum Gasteiger partial charge on any atom is -0.296 e. The Morgan fingerprint density at radius 1 is 1.37 bits per heavy atom. The first-order chi connectivity index (χ1) is 9.08. The molecule has 1 saturated carbocycles. The van der Waals surface area contributed by atoms with Gasteiger partial charge in [-0.05, 0) is 55.5 Å². The molecule has 1 aliphatic rings. The number of nitriles is 1. The van der Waals surface area contributed by atoms with E-state index in [0.29, 0.717) is 17.5 Å². The van der Waals surface area contributed by atoms with E-state index in [4.69, 9.17) is 5.26 Å². The standard InChI is InChI=1S/C16H21FN2/c1-12(2)5-6-19(16-3-4-16)11-14-7-13(10-18)8-15(17)9-14/h7-9,12,16H,3-6,11H2,1-2H3. The average Bonchev–Trinajstić information content (AvgIpc) is 3.17. The quantitative estimate of drug-likeness (QED) is 0.779. The van der Waals surface area contributed by atoms with Gasteiger partial charge < -0.3 is 0 Å². The molecule has 3 heteroatoms. The van der Waals surface area contributed by atoms with E-state index < -0.39 is 0 Å². The van der Waals surface area contributed by atoms with Crippen LogP contribution in [0, 0.1) is 23.1 Å². The van der Waals surface area contributed by atoms with Gasteiger partial charge in [-0.25, -0.2) is 4.39 Å². The molecule has 0 heterocycles. The lowest BCUT2D eigenvalue weighted by atomic mass is 10.1. The van der Waals surface area contributed by atoms with Gasteiger partial charge in [0.1, 0.15) is 5.82 Å². The van der Waals surface area contributed by atoms with E-state index >= 15 is 0 Å². The molecule has 1 fully saturated rings. The van der Waals surface area contributed by atoms with E-state index in [-0.39, 0.29) is 5.82 Å². The van der Waals surface area contributed by atoms with Crippen molar-refractivity contribution in [1.82, 2.24) is 4.90 Å². The van der Waals surface area contributed by atoms with Crippen molar-refractivity contribution in [3.8, 4) is 6.07 Å². The Bertz CT molecular complexity index is 472. The molecule has 0 saturated heterocycles. The molecule has 0 radical (unpaired) electrons. The lowest BCUT2D eigenvalue weighted by Gasteiger charge is -2.23. The van der Waals surface area contributed by atoms with Gasteiger partial charge in [0, 0.05) is 12.6 Å². The van der Waals surface area contributed by atoms with Gasteiger partial charge in [0.05, 0.1) is 11.6 Å². The lowest BCUT2D eigenvalue weighted by Crippen LogP contribution is -2.27. The molecule has 1 aliphatic carbocycles. The minimum atomic E-state index is -0.311. The van der Waals surface area contributed by atoms with Gasteiger partial charge >= 0.3 is 0 Å². The van der Waals surface area contributed by atoms with Crippen molar-refractivity contribution in [2.24, 2.45) is 5.92 Å². The molecule has 0 aliphatic heterocycles. The molecule has 0 amide bonds. The SMILES string of the molecule is CC(C)CCN(Cc1cc(F)cc(C#N)c1)C1CC1. The fraction of sp³-hybridized carbons (Fsp3) is 0.562. The van der Waals surface area contributed by atoms with Crippen molar-refractivity contribution in [3.63, 3.8) is 0 Å². The van der Waals surface area contributed by atoms with Crippen molar-refractivity contribution in [1.29, 1.82) is 5.26 Å². The van der Waals surface area contributed by atoms with Gasteiger partial charge in [-0.15, -0.1) is 0 Å². The molecule has 0 bridgehead atoms. The van der Waals surface area contributed by atoms with Gasteiger partial charge in [-0.3, -0.25) is 4.90 Å². The molecule has 0 N–H and O–H groups in total. The fourth-order valence-electron chi connectivity index (χ4n) is 2.30. The molecule has 0 spiro atoms. The number of benzene rings is 1. The molecular weight excluding hydrogens is 239 g/mol. The molecule has 0 aromatic heterocycles. The van der Waals surface area contributed by atoms with Gasteiger partial charge in [-0.1, -0.05) is 13.8 Å². The zero-order chi connectivity index (χ0) is 13.8. The summed E-state index contributed by atoms with van der Waals surface area (Å²) in [6.07, 6.45) is 3.66. The Morgan fingerprint density at radius 2 is 2.11 bits per heavy atom. The molecule has 0 atom stereocenters. The molecule has 2 rings (SSSR count). The van der Waals surface area contributed by atoms with Crippen LogP contribution in [0.1, 0.15) is 44.2 Å². The molecule has 0 unspecified atom stereocenters. The molecular formula is C16H21FN2. The van der Waals surface area contributed by atoms with E-state index in [2.05, 4.69) is 18.7 Å². The third kappa shape index (κ3) is 4.33. The van der Waals surface area contributed by atoms with E-state index in [1.54, 1.807) is 12.1 Å². The Balaban J connectivity index is 2.04. The molecule has 1 aromatic rings. The predicted molar refractivity (Wildman–Crippen MR) is 74.0 cm³/mol. The van der Waals surface area contributed by atoms with Crippen LogP contribution in [-0.4, -0.2) is 17.5 Å². The summed E-state index contributed by atoms with van der Waals surface area (Å²) in [4.78, 5) is 2.43. The van der Waals surface area contributed by atoms with Crippen LogP contribution in [0.5, 0.6) is 0 Å². The zero-order valence-electron chi connectivity index (χ0n) is 11.7. The zero-order valence-corrected chi connectivity index (χ0v) is 11.7. The summed E-state index contributed by atoms with van der Waals surface area (Å²) >= 11 is 0. The number of hydrogen-bond donors (Lipinski definition) is 0. The average molecular weight is 260 g/mol. The van der Waals surface area contributed by atoms with Crippen LogP contribution in [0.2, 0.25) is 0 Å². The first kappa shape index (κ1) is 14.0. The maximum absolute atomic E-state index is 13.4. The maximum atomic E-state index is 13.4. The summed E-state index contributed by atoms with van der Waals surface area (Å²) in [5, 5.41) is 8.89. The smallest absolute Gasteiger partial charge is 0.124 e. The second kappa shape index (κ2) is 6.16. The summed E-state index contributed by atoms with van der Waals surface area (Å²) in [5.41, 5.74) is 1.32. The van der Waals surface area contributed by atoms with Crippen LogP contribution in [-0.2, 0) is 6.54 Å². The maximum Gasteiger partial charge on any atom is 0.124 e. The number of nitrogens with zero attached hydrogens (tertiary/aromatic N) is 2. The van der Waals surface area contributed by atoms with Gasteiger partial charge in [0.25, 0.3) is 0 Å². The largest absolute Gasteiger partial charge is 0.296 e. The fourth-order valence-corrected chi connectivity index (χ4v) is 2.30. The van der Waals surface area contributed by atoms with Gasteiger partial charge in [-0.2, -0.15) is 5.26 Å². The molecule has 102 valence electrons. The van der Waals surface area contributed by atoms with E-state index in [9.17, 15) is 4.39 Å². The van der Waals surface area contributed by atoms with Gasteiger partial charge in [0.2, 0.25) is 0 Å². The van der Waals surface area contributed by atoms with E-state index in [0.717, 1.165) is 25.1 Å². The topological polar surface area (TPSA) is 27.0 Å². The van der Waals surface area contributed by atoms with E-state index in [1.807, 2.05) is 6.07 Å². The highest BCUT2D eigenvalue weighted by molar-refractivity contribution is 5.33. The Hall–Kier alpha value is -1.40. The predicted octanol–water partition coefficient (Wildman–Crippen LogP) is 3.71. The number of halogens is 1. The summed E-state index contributed by atoms with van der Waals surface area (Å²) < 4.78 is 13.4. The summed E-state index contributed by atoms with van der Waals surface area (Å²) in [6, 6.07) is 7.32. The summed E-state index contributed by atoms with van der Waals surface area (Å²) in [5.74, 6) is 0.372. The van der Waals surface area contributed by atoms with Crippen molar-refractivity contribution >= 4 is 0 Å². The highest BCUT2D eigenvalue weighted by Gasteiger charge is 2.28. The Labute approximate surface area is 114 Å². The van der Waals surface area contributed by atoms with Crippen molar-refractivity contribution in [2.45, 2.75) is 45.7 Å².